The fourth-order valence-electron chi connectivity index (χ4n) is 4.44. The zero-order chi connectivity index (χ0) is 29.4. The van der Waals surface area contributed by atoms with Crippen molar-refractivity contribution in [1.29, 1.82) is 0 Å². The van der Waals surface area contributed by atoms with E-state index in [-0.39, 0.29) is 28.4 Å². The minimum Gasteiger partial charge on any atom is -0.436 e. The number of benzene rings is 4. The highest BCUT2D eigenvalue weighted by Gasteiger charge is 2.20. The average Bonchev–Trinajstić information content (AvgIpc) is 3.37. The molecule has 0 aliphatic carbocycles. The monoisotopic (exact) mass is 546 g/mol. The summed E-state index contributed by atoms with van der Waals surface area (Å²) in [6.07, 6.45) is 0. The number of oxazole rings is 1. The number of aromatic nitrogens is 1. The number of esters is 1. The molecule has 6 nitrogen and oxygen atoms in total. The van der Waals surface area contributed by atoms with Gasteiger partial charge in [-0.1, -0.05) is 77.9 Å². The average molecular weight is 547 g/mol. The first-order valence-corrected chi connectivity index (χ1v) is 13.6. The highest BCUT2D eigenvalue weighted by molar-refractivity contribution is 6.04. The van der Waals surface area contributed by atoms with Gasteiger partial charge >= 0.3 is 5.97 Å². The van der Waals surface area contributed by atoms with Crippen LogP contribution in [-0.4, -0.2) is 16.9 Å². The molecule has 6 heteroatoms. The van der Waals surface area contributed by atoms with Crippen LogP contribution in [-0.2, 0) is 10.8 Å². The van der Waals surface area contributed by atoms with Crippen molar-refractivity contribution in [3.63, 3.8) is 0 Å². The summed E-state index contributed by atoms with van der Waals surface area (Å²) in [6.45, 7) is 12.7. The van der Waals surface area contributed by atoms with E-state index in [0.717, 1.165) is 11.1 Å². The van der Waals surface area contributed by atoms with E-state index in [1.165, 1.54) is 0 Å². The standard InChI is InChI=1S/C35H34N2O4/c1-34(2,3)24-15-11-22(12-16-24)31(38)36-26-19-20-29(27(21-26)32-37-28-9-7-8-10-30(28)40-32)41-33(39)23-13-17-25(18-14-23)35(4,5)6/h7-21H,1-6H3,(H,36,38). The Morgan fingerprint density at radius 1 is 0.732 bits per heavy atom. The predicted octanol–water partition coefficient (Wildman–Crippen LogP) is 8.56. The van der Waals surface area contributed by atoms with Crippen LogP contribution in [0.4, 0.5) is 5.69 Å². The van der Waals surface area contributed by atoms with Crippen molar-refractivity contribution in [2.24, 2.45) is 0 Å². The summed E-state index contributed by atoms with van der Waals surface area (Å²) in [7, 11) is 0. The molecule has 0 aliphatic rings. The highest BCUT2D eigenvalue weighted by atomic mass is 16.5. The molecule has 208 valence electrons. The third-order valence-electron chi connectivity index (χ3n) is 6.96. The van der Waals surface area contributed by atoms with Gasteiger partial charge in [0.15, 0.2) is 5.58 Å². The van der Waals surface area contributed by atoms with Gasteiger partial charge in [0.1, 0.15) is 11.3 Å². The van der Waals surface area contributed by atoms with Crippen molar-refractivity contribution in [2.45, 2.75) is 52.4 Å². The second kappa shape index (κ2) is 10.7. The van der Waals surface area contributed by atoms with E-state index in [1.54, 1.807) is 30.3 Å². The molecule has 0 saturated carbocycles. The van der Waals surface area contributed by atoms with E-state index in [9.17, 15) is 9.59 Å². The number of ether oxygens (including phenoxy) is 1. The molecule has 1 aromatic heterocycles. The number of nitrogens with one attached hydrogen (secondary N) is 1. The molecular formula is C35H34N2O4. The maximum atomic E-state index is 13.1. The molecule has 5 aromatic rings. The lowest BCUT2D eigenvalue weighted by molar-refractivity contribution is 0.0735. The normalized spacial score (nSPS) is 11.9. The summed E-state index contributed by atoms with van der Waals surface area (Å²) in [5, 5.41) is 2.94. The number of anilines is 1. The Kier molecular flexibility index (Phi) is 7.26. The zero-order valence-corrected chi connectivity index (χ0v) is 24.2. The molecule has 0 bridgehead atoms. The van der Waals surface area contributed by atoms with Gasteiger partial charge in [-0.25, -0.2) is 9.78 Å². The molecule has 0 aliphatic heterocycles. The Bertz CT molecular complexity index is 1680. The minimum atomic E-state index is -0.501. The molecule has 1 heterocycles. The lowest BCUT2D eigenvalue weighted by Crippen LogP contribution is -2.15. The molecule has 4 aromatic carbocycles. The van der Waals surface area contributed by atoms with Crippen molar-refractivity contribution < 1.29 is 18.7 Å². The first-order chi connectivity index (χ1) is 19.4. The van der Waals surface area contributed by atoms with Crippen LogP contribution >= 0.6 is 0 Å². The van der Waals surface area contributed by atoms with Crippen molar-refractivity contribution in [3.05, 3.63) is 113 Å². The summed E-state index contributed by atoms with van der Waals surface area (Å²) < 4.78 is 11.9. The van der Waals surface area contributed by atoms with Crippen LogP contribution < -0.4 is 10.1 Å². The van der Waals surface area contributed by atoms with Gasteiger partial charge < -0.3 is 14.5 Å². The van der Waals surface area contributed by atoms with Gasteiger partial charge in [-0.3, -0.25) is 4.79 Å². The molecule has 1 N–H and O–H groups in total. The van der Waals surface area contributed by atoms with Gasteiger partial charge in [0.2, 0.25) is 5.89 Å². The number of rotatable bonds is 5. The maximum absolute atomic E-state index is 13.1. The van der Waals surface area contributed by atoms with Crippen molar-refractivity contribution in [2.75, 3.05) is 5.32 Å². The summed E-state index contributed by atoms with van der Waals surface area (Å²) in [6, 6.07) is 27.4. The summed E-state index contributed by atoms with van der Waals surface area (Å²) in [5.74, 6) is -0.201. The fraction of sp³-hybridized carbons (Fsp3) is 0.229. The van der Waals surface area contributed by atoms with Gasteiger partial charge in [0.05, 0.1) is 11.1 Å². The van der Waals surface area contributed by atoms with E-state index in [2.05, 4.69) is 51.8 Å². The van der Waals surface area contributed by atoms with E-state index >= 15 is 0 Å². The van der Waals surface area contributed by atoms with E-state index in [1.807, 2.05) is 60.7 Å². The maximum Gasteiger partial charge on any atom is 0.343 e. The molecule has 0 spiro atoms. The molecule has 0 atom stereocenters. The van der Waals surface area contributed by atoms with E-state index in [4.69, 9.17) is 9.15 Å². The molecule has 0 fully saturated rings. The van der Waals surface area contributed by atoms with Gasteiger partial charge in [-0.15, -0.1) is 0 Å². The van der Waals surface area contributed by atoms with Gasteiger partial charge in [0.25, 0.3) is 5.91 Å². The Labute approximate surface area is 240 Å². The number of nitrogens with zero attached hydrogens (tertiary/aromatic N) is 1. The van der Waals surface area contributed by atoms with Crippen LogP contribution in [0.5, 0.6) is 5.75 Å². The van der Waals surface area contributed by atoms with Crippen molar-refractivity contribution in [1.82, 2.24) is 4.98 Å². The van der Waals surface area contributed by atoms with Crippen molar-refractivity contribution in [3.8, 4) is 17.2 Å². The van der Waals surface area contributed by atoms with Gasteiger partial charge in [-0.2, -0.15) is 0 Å². The quantitative estimate of drug-likeness (QED) is 0.176. The summed E-state index contributed by atoms with van der Waals surface area (Å²) >= 11 is 0. The Morgan fingerprint density at radius 3 is 1.90 bits per heavy atom. The first-order valence-electron chi connectivity index (χ1n) is 13.6. The largest absolute Gasteiger partial charge is 0.436 e. The third-order valence-corrected chi connectivity index (χ3v) is 6.96. The Morgan fingerprint density at radius 2 is 1.32 bits per heavy atom. The number of fused-ring (bicyclic) bond motifs is 1. The van der Waals surface area contributed by atoms with E-state index in [0.29, 0.717) is 33.5 Å². The number of para-hydroxylation sites is 2. The lowest BCUT2D eigenvalue weighted by atomic mass is 9.86. The van der Waals surface area contributed by atoms with E-state index < -0.39 is 5.97 Å². The number of hydrogen-bond acceptors (Lipinski definition) is 5. The Balaban J connectivity index is 1.45. The summed E-state index contributed by atoms with van der Waals surface area (Å²) in [4.78, 5) is 30.8. The number of carbonyl (C=O) groups is 2. The predicted molar refractivity (Wildman–Crippen MR) is 163 cm³/mol. The van der Waals surface area contributed by atoms with Crippen molar-refractivity contribution >= 4 is 28.7 Å². The van der Waals surface area contributed by atoms with Crippen LogP contribution in [0.3, 0.4) is 0 Å². The highest BCUT2D eigenvalue weighted by Crippen LogP contribution is 2.35. The Hall–Kier alpha value is -4.71. The van der Waals surface area contributed by atoms with Gasteiger partial charge in [0, 0.05) is 11.3 Å². The molecule has 5 rings (SSSR count). The first kappa shape index (κ1) is 27.8. The van der Waals surface area contributed by atoms with Crippen LogP contribution in [0, 0.1) is 0 Å². The number of amides is 1. The zero-order valence-electron chi connectivity index (χ0n) is 24.2. The van der Waals surface area contributed by atoms with Crippen LogP contribution in [0.15, 0.2) is 95.4 Å². The lowest BCUT2D eigenvalue weighted by Gasteiger charge is -2.19. The summed E-state index contributed by atoms with van der Waals surface area (Å²) in [5.41, 5.74) is 5.43. The molecule has 41 heavy (non-hydrogen) atoms. The minimum absolute atomic E-state index is 0.00855. The molecule has 0 radical (unpaired) electrons. The second-order valence-electron chi connectivity index (χ2n) is 12.2. The van der Waals surface area contributed by atoms with Crippen LogP contribution in [0.25, 0.3) is 22.6 Å². The number of carbonyl (C=O) groups excluding carboxylic acids is 2. The molecule has 1 amide bonds. The topological polar surface area (TPSA) is 81.4 Å². The van der Waals surface area contributed by atoms with Crippen LogP contribution in [0.1, 0.15) is 73.4 Å². The molecule has 0 saturated heterocycles. The smallest absolute Gasteiger partial charge is 0.343 e. The van der Waals surface area contributed by atoms with Crippen LogP contribution in [0.2, 0.25) is 0 Å². The number of hydrogen-bond donors (Lipinski definition) is 1. The third kappa shape index (κ3) is 6.22. The fourth-order valence-corrected chi connectivity index (χ4v) is 4.44. The SMILES string of the molecule is CC(C)(C)c1ccc(C(=O)Nc2ccc(OC(=O)c3ccc(C(C)(C)C)cc3)c(-c3nc4ccccc4o3)c2)cc1. The molecule has 0 unspecified atom stereocenters. The van der Waals surface area contributed by atoms with Gasteiger partial charge in [-0.05, 0) is 76.6 Å². The second-order valence-corrected chi connectivity index (χ2v) is 12.2. The molecular weight excluding hydrogens is 512 g/mol.